The van der Waals surface area contributed by atoms with E-state index in [9.17, 15) is 4.79 Å². The fourth-order valence-corrected chi connectivity index (χ4v) is 1.38. The lowest BCUT2D eigenvalue weighted by atomic mass is 10.1. The summed E-state index contributed by atoms with van der Waals surface area (Å²) in [5.41, 5.74) is 1.22. The molecule has 0 atom stereocenters. The van der Waals surface area contributed by atoms with Crippen molar-refractivity contribution in [3.63, 3.8) is 0 Å². The largest absolute Gasteiger partial charge is 0.495 e. The van der Waals surface area contributed by atoms with Crippen molar-refractivity contribution in [1.82, 2.24) is 5.32 Å². The third-order valence-corrected chi connectivity index (χ3v) is 2.35. The van der Waals surface area contributed by atoms with Gasteiger partial charge in [0.15, 0.2) is 0 Å². The third kappa shape index (κ3) is 3.79. The molecule has 4 heteroatoms. The van der Waals surface area contributed by atoms with E-state index in [0.717, 1.165) is 18.5 Å². The Bertz CT molecular complexity index is 472. The van der Waals surface area contributed by atoms with Crippen LogP contribution in [0.3, 0.4) is 0 Å². The number of hydrogen-bond donors (Lipinski definition) is 1. The maximum absolute atomic E-state index is 11.4. The standard InChI is InChI=1S/C14H17NO3/c1-15-9-5-4-6-11-7-8-12(14(16)18-3)10-13(11)17-2/h7-8,10,15H,5,9H2,1-3H3. The maximum Gasteiger partial charge on any atom is 0.337 e. The molecular weight excluding hydrogens is 230 g/mol. The van der Waals surface area contributed by atoms with Gasteiger partial charge in [-0.3, -0.25) is 0 Å². The van der Waals surface area contributed by atoms with Gasteiger partial charge in [0.05, 0.1) is 25.3 Å². The number of ether oxygens (including phenoxy) is 2. The summed E-state index contributed by atoms with van der Waals surface area (Å²) in [5, 5.41) is 3.02. The van der Waals surface area contributed by atoms with E-state index in [1.807, 2.05) is 7.05 Å². The molecule has 1 aromatic rings. The first-order chi connectivity index (χ1) is 8.72. The predicted molar refractivity (Wildman–Crippen MR) is 69.8 cm³/mol. The van der Waals surface area contributed by atoms with Gasteiger partial charge in [0.2, 0.25) is 0 Å². The monoisotopic (exact) mass is 247 g/mol. The Morgan fingerprint density at radius 3 is 2.78 bits per heavy atom. The van der Waals surface area contributed by atoms with Gasteiger partial charge in [0.1, 0.15) is 5.75 Å². The van der Waals surface area contributed by atoms with E-state index in [4.69, 9.17) is 4.74 Å². The quantitative estimate of drug-likeness (QED) is 0.497. The molecule has 1 rings (SSSR count). The molecule has 96 valence electrons. The SMILES string of the molecule is CNCCC#Cc1ccc(C(=O)OC)cc1OC. The van der Waals surface area contributed by atoms with Crippen LogP contribution in [0.1, 0.15) is 22.3 Å². The number of carbonyl (C=O) groups is 1. The van der Waals surface area contributed by atoms with Gasteiger partial charge in [0.25, 0.3) is 0 Å². The Morgan fingerprint density at radius 1 is 1.39 bits per heavy atom. The highest BCUT2D eigenvalue weighted by Gasteiger charge is 2.08. The van der Waals surface area contributed by atoms with Crippen molar-refractivity contribution in [2.45, 2.75) is 6.42 Å². The first-order valence-corrected chi connectivity index (χ1v) is 5.62. The highest BCUT2D eigenvalue weighted by molar-refractivity contribution is 5.90. The minimum atomic E-state index is -0.386. The molecule has 0 aliphatic heterocycles. The van der Waals surface area contributed by atoms with Crippen LogP contribution in [0.25, 0.3) is 0 Å². The van der Waals surface area contributed by atoms with E-state index in [2.05, 4.69) is 21.9 Å². The predicted octanol–water partition coefficient (Wildman–Crippen LogP) is 1.44. The average molecular weight is 247 g/mol. The smallest absolute Gasteiger partial charge is 0.337 e. The summed E-state index contributed by atoms with van der Waals surface area (Å²) in [7, 11) is 4.78. The maximum atomic E-state index is 11.4. The van der Waals surface area contributed by atoms with Gasteiger partial charge in [-0.1, -0.05) is 11.8 Å². The highest BCUT2D eigenvalue weighted by atomic mass is 16.5. The lowest BCUT2D eigenvalue weighted by Crippen LogP contribution is -2.06. The fraction of sp³-hybridized carbons (Fsp3) is 0.357. The van der Waals surface area contributed by atoms with E-state index in [1.165, 1.54) is 7.11 Å². The highest BCUT2D eigenvalue weighted by Crippen LogP contribution is 2.19. The molecule has 0 saturated heterocycles. The number of hydrogen-bond acceptors (Lipinski definition) is 4. The van der Waals surface area contributed by atoms with Crippen LogP contribution in [0, 0.1) is 11.8 Å². The van der Waals surface area contributed by atoms with Crippen LogP contribution < -0.4 is 10.1 Å². The second kappa shape index (κ2) is 7.36. The second-order valence-electron chi connectivity index (χ2n) is 3.56. The van der Waals surface area contributed by atoms with Gasteiger partial charge < -0.3 is 14.8 Å². The number of carbonyl (C=O) groups excluding carboxylic acids is 1. The first kappa shape index (κ1) is 14.1. The molecule has 0 saturated carbocycles. The van der Waals surface area contributed by atoms with E-state index < -0.39 is 0 Å². The van der Waals surface area contributed by atoms with Crippen molar-refractivity contribution in [3.05, 3.63) is 29.3 Å². The molecule has 18 heavy (non-hydrogen) atoms. The second-order valence-corrected chi connectivity index (χ2v) is 3.56. The van der Waals surface area contributed by atoms with Crippen molar-refractivity contribution in [1.29, 1.82) is 0 Å². The number of benzene rings is 1. The van der Waals surface area contributed by atoms with Crippen molar-refractivity contribution < 1.29 is 14.3 Å². The number of esters is 1. The number of methoxy groups -OCH3 is 2. The van der Waals surface area contributed by atoms with Crippen molar-refractivity contribution in [2.24, 2.45) is 0 Å². The lowest BCUT2D eigenvalue weighted by Gasteiger charge is -2.05. The molecule has 4 nitrogen and oxygen atoms in total. The van der Waals surface area contributed by atoms with Gasteiger partial charge in [-0.2, -0.15) is 0 Å². The van der Waals surface area contributed by atoms with Crippen LogP contribution >= 0.6 is 0 Å². The lowest BCUT2D eigenvalue weighted by molar-refractivity contribution is 0.0600. The van der Waals surface area contributed by atoms with E-state index in [0.29, 0.717) is 11.3 Å². The molecule has 0 aliphatic rings. The fourth-order valence-electron chi connectivity index (χ4n) is 1.38. The van der Waals surface area contributed by atoms with E-state index in [1.54, 1.807) is 25.3 Å². The first-order valence-electron chi connectivity index (χ1n) is 5.62. The zero-order valence-corrected chi connectivity index (χ0v) is 10.9. The van der Waals surface area contributed by atoms with Crippen LogP contribution in [0.4, 0.5) is 0 Å². The zero-order valence-electron chi connectivity index (χ0n) is 10.9. The summed E-state index contributed by atoms with van der Waals surface area (Å²) in [4.78, 5) is 11.4. The Kier molecular flexibility index (Phi) is 5.75. The van der Waals surface area contributed by atoms with Crippen LogP contribution in [0.2, 0.25) is 0 Å². The number of nitrogens with one attached hydrogen (secondary N) is 1. The topological polar surface area (TPSA) is 47.6 Å². The summed E-state index contributed by atoms with van der Waals surface area (Å²) in [6, 6.07) is 5.07. The Hall–Kier alpha value is -1.99. The molecule has 1 N–H and O–H groups in total. The normalized spacial score (nSPS) is 9.28. The molecule has 0 aromatic heterocycles. The van der Waals surface area contributed by atoms with Gasteiger partial charge in [0, 0.05) is 13.0 Å². The van der Waals surface area contributed by atoms with Gasteiger partial charge >= 0.3 is 5.97 Å². The minimum absolute atomic E-state index is 0.386. The molecule has 0 amide bonds. The Labute approximate surface area is 107 Å². The van der Waals surface area contributed by atoms with Crippen molar-refractivity contribution in [2.75, 3.05) is 27.8 Å². The molecule has 0 fully saturated rings. The van der Waals surface area contributed by atoms with Crippen LogP contribution in [-0.2, 0) is 4.74 Å². The summed E-state index contributed by atoms with van der Waals surface area (Å²) < 4.78 is 9.86. The molecule has 0 spiro atoms. The van der Waals surface area contributed by atoms with Gasteiger partial charge in [-0.05, 0) is 25.2 Å². The Balaban J connectivity index is 2.92. The number of rotatable bonds is 4. The summed E-state index contributed by atoms with van der Waals surface area (Å²) in [5.74, 6) is 6.24. The van der Waals surface area contributed by atoms with Gasteiger partial charge in [-0.25, -0.2) is 4.79 Å². The van der Waals surface area contributed by atoms with Crippen molar-refractivity contribution in [3.8, 4) is 17.6 Å². The summed E-state index contributed by atoms with van der Waals surface area (Å²) in [6.07, 6.45) is 0.762. The van der Waals surface area contributed by atoms with E-state index >= 15 is 0 Å². The molecule has 0 unspecified atom stereocenters. The molecule has 0 heterocycles. The zero-order chi connectivity index (χ0) is 13.4. The molecule has 0 aliphatic carbocycles. The van der Waals surface area contributed by atoms with Crippen molar-refractivity contribution >= 4 is 5.97 Å². The van der Waals surface area contributed by atoms with Crippen LogP contribution in [0.5, 0.6) is 5.75 Å². The summed E-state index contributed by atoms with van der Waals surface area (Å²) in [6.45, 7) is 0.843. The summed E-state index contributed by atoms with van der Waals surface area (Å²) >= 11 is 0. The van der Waals surface area contributed by atoms with E-state index in [-0.39, 0.29) is 5.97 Å². The van der Waals surface area contributed by atoms with Gasteiger partial charge in [-0.15, -0.1) is 0 Å². The van der Waals surface area contributed by atoms with Crippen LogP contribution in [0.15, 0.2) is 18.2 Å². The third-order valence-electron chi connectivity index (χ3n) is 2.35. The average Bonchev–Trinajstić information content (AvgIpc) is 2.42. The molecule has 0 bridgehead atoms. The molecular formula is C14H17NO3. The minimum Gasteiger partial charge on any atom is -0.495 e. The Morgan fingerprint density at radius 2 is 2.17 bits per heavy atom. The molecule has 1 aromatic carbocycles. The van der Waals surface area contributed by atoms with Crippen LogP contribution in [-0.4, -0.2) is 33.8 Å². The molecule has 0 radical (unpaired) electrons.